The van der Waals surface area contributed by atoms with Crippen LogP contribution in [0.25, 0.3) is 0 Å². The van der Waals surface area contributed by atoms with Gasteiger partial charge >= 0.3 is 5.97 Å². The molecule has 1 N–H and O–H groups in total. The highest BCUT2D eigenvalue weighted by molar-refractivity contribution is 5.88. The Morgan fingerprint density at radius 3 is 2.63 bits per heavy atom. The summed E-state index contributed by atoms with van der Waals surface area (Å²) in [6.45, 7) is 4.05. The van der Waals surface area contributed by atoms with Gasteiger partial charge in [-0.1, -0.05) is 19.8 Å². The number of benzene rings is 1. The van der Waals surface area contributed by atoms with Gasteiger partial charge < -0.3 is 10.0 Å². The van der Waals surface area contributed by atoms with Gasteiger partial charge in [-0.25, -0.2) is 9.18 Å². The standard InChI is InChI=1S/C15H20FNO2/c1-2-3-11-6-8-17(9-7-11)12-4-5-13(15(18)19)14(16)10-12/h4-5,10-11H,2-3,6-9H2,1H3,(H,18,19). The van der Waals surface area contributed by atoms with Crippen molar-refractivity contribution < 1.29 is 14.3 Å². The summed E-state index contributed by atoms with van der Waals surface area (Å²) in [7, 11) is 0. The molecule has 0 spiro atoms. The minimum absolute atomic E-state index is 0.260. The van der Waals surface area contributed by atoms with Gasteiger partial charge in [0.25, 0.3) is 0 Å². The summed E-state index contributed by atoms with van der Waals surface area (Å²) in [6, 6.07) is 4.39. The molecule has 1 heterocycles. The van der Waals surface area contributed by atoms with Crippen molar-refractivity contribution >= 4 is 11.7 Å². The van der Waals surface area contributed by atoms with Gasteiger partial charge in [0.05, 0.1) is 5.56 Å². The van der Waals surface area contributed by atoms with Gasteiger partial charge in [0.2, 0.25) is 0 Å². The molecule has 3 nitrogen and oxygen atoms in total. The Labute approximate surface area is 113 Å². The summed E-state index contributed by atoms with van der Waals surface area (Å²) in [5, 5.41) is 8.81. The van der Waals surface area contributed by atoms with E-state index in [0.29, 0.717) is 0 Å². The summed E-state index contributed by atoms with van der Waals surface area (Å²) in [5.41, 5.74) is 0.530. The van der Waals surface area contributed by atoms with Crippen LogP contribution in [0.5, 0.6) is 0 Å². The van der Waals surface area contributed by atoms with E-state index in [9.17, 15) is 9.18 Å². The number of hydrogen-bond donors (Lipinski definition) is 1. The Morgan fingerprint density at radius 2 is 2.11 bits per heavy atom. The van der Waals surface area contributed by atoms with Crippen molar-refractivity contribution in [2.75, 3.05) is 18.0 Å². The van der Waals surface area contributed by atoms with Gasteiger partial charge in [0.1, 0.15) is 5.82 Å². The number of piperidine rings is 1. The average Bonchev–Trinajstić information content (AvgIpc) is 2.39. The van der Waals surface area contributed by atoms with E-state index in [0.717, 1.165) is 37.5 Å². The van der Waals surface area contributed by atoms with Crippen LogP contribution in [0.2, 0.25) is 0 Å². The molecule has 0 unspecified atom stereocenters. The number of anilines is 1. The molecule has 1 saturated heterocycles. The minimum atomic E-state index is -1.22. The van der Waals surface area contributed by atoms with E-state index in [1.807, 2.05) is 0 Å². The Morgan fingerprint density at radius 1 is 1.42 bits per heavy atom. The van der Waals surface area contributed by atoms with Gasteiger partial charge in [-0.3, -0.25) is 0 Å². The number of carboxylic acids is 1. The second-order valence-electron chi connectivity index (χ2n) is 5.19. The van der Waals surface area contributed by atoms with E-state index in [1.165, 1.54) is 25.0 Å². The van der Waals surface area contributed by atoms with E-state index in [-0.39, 0.29) is 5.56 Å². The Balaban J connectivity index is 2.04. The van der Waals surface area contributed by atoms with E-state index in [1.54, 1.807) is 6.07 Å². The van der Waals surface area contributed by atoms with Crippen molar-refractivity contribution in [3.05, 3.63) is 29.6 Å². The van der Waals surface area contributed by atoms with Gasteiger partial charge in [0.15, 0.2) is 0 Å². The quantitative estimate of drug-likeness (QED) is 0.905. The summed E-state index contributed by atoms with van der Waals surface area (Å²) in [6.07, 6.45) is 4.75. The lowest BCUT2D eigenvalue weighted by molar-refractivity contribution is 0.0692. The fraction of sp³-hybridized carbons (Fsp3) is 0.533. The highest BCUT2D eigenvalue weighted by Gasteiger charge is 2.20. The van der Waals surface area contributed by atoms with Crippen molar-refractivity contribution in [3.8, 4) is 0 Å². The molecule has 0 aliphatic carbocycles. The maximum Gasteiger partial charge on any atom is 0.338 e. The van der Waals surface area contributed by atoms with Crippen molar-refractivity contribution in [2.24, 2.45) is 5.92 Å². The molecule has 0 atom stereocenters. The number of carboxylic acid groups (broad SMARTS) is 1. The number of aromatic carboxylic acids is 1. The predicted molar refractivity (Wildman–Crippen MR) is 73.2 cm³/mol. The van der Waals surface area contributed by atoms with Crippen molar-refractivity contribution in [3.63, 3.8) is 0 Å². The Kier molecular flexibility index (Phi) is 4.40. The molecule has 104 valence electrons. The highest BCUT2D eigenvalue weighted by Crippen LogP contribution is 2.27. The Hall–Kier alpha value is -1.58. The first kappa shape index (κ1) is 13.8. The normalized spacial score (nSPS) is 16.6. The molecule has 0 aromatic heterocycles. The summed E-state index contributed by atoms with van der Waals surface area (Å²) < 4.78 is 13.6. The number of carbonyl (C=O) groups is 1. The molecule has 1 aromatic rings. The van der Waals surface area contributed by atoms with E-state index in [2.05, 4.69) is 11.8 Å². The third kappa shape index (κ3) is 3.25. The number of halogens is 1. The summed E-state index contributed by atoms with van der Waals surface area (Å²) in [5.74, 6) is -1.09. The second kappa shape index (κ2) is 6.04. The van der Waals surface area contributed by atoms with Crippen LogP contribution in [-0.4, -0.2) is 24.2 Å². The average molecular weight is 265 g/mol. The van der Waals surface area contributed by atoms with Crippen LogP contribution >= 0.6 is 0 Å². The van der Waals surface area contributed by atoms with Crippen LogP contribution in [0.1, 0.15) is 43.0 Å². The van der Waals surface area contributed by atoms with Crippen LogP contribution in [0.4, 0.5) is 10.1 Å². The smallest absolute Gasteiger partial charge is 0.338 e. The first-order chi connectivity index (χ1) is 9.11. The van der Waals surface area contributed by atoms with Crippen LogP contribution in [0.15, 0.2) is 18.2 Å². The summed E-state index contributed by atoms with van der Waals surface area (Å²) in [4.78, 5) is 12.9. The number of nitrogens with zero attached hydrogens (tertiary/aromatic N) is 1. The molecule has 1 aromatic carbocycles. The maximum absolute atomic E-state index is 13.6. The molecule has 1 fully saturated rings. The van der Waals surface area contributed by atoms with Crippen molar-refractivity contribution in [1.29, 1.82) is 0 Å². The van der Waals surface area contributed by atoms with E-state index in [4.69, 9.17) is 5.11 Å². The van der Waals surface area contributed by atoms with Crippen LogP contribution < -0.4 is 4.90 Å². The van der Waals surface area contributed by atoms with Gasteiger partial charge in [0, 0.05) is 18.8 Å². The molecule has 0 saturated carbocycles. The predicted octanol–water partition coefficient (Wildman–Crippen LogP) is 3.54. The van der Waals surface area contributed by atoms with Gasteiger partial charge in [-0.15, -0.1) is 0 Å². The molecule has 4 heteroatoms. The fourth-order valence-electron chi connectivity index (χ4n) is 2.76. The number of rotatable bonds is 4. The zero-order chi connectivity index (χ0) is 13.8. The molecule has 1 aliphatic rings. The zero-order valence-electron chi connectivity index (χ0n) is 11.2. The van der Waals surface area contributed by atoms with Crippen LogP contribution in [-0.2, 0) is 0 Å². The first-order valence-corrected chi connectivity index (χ1v) is 6.89. The fourth-order valence-corrected chi connectivity index (χ4v) is 2.76. The Bertz CT molecular complexity index is 453. The highest BCUT2D eigenvalue weighted by atomic mass is 19.1. The second-order valence-corrected chi connectivity index (χ2v) is 5.19. The molecule has 1 aliphatic heterocycles. The topological polar surface area (TPSA) is 40.5 Å². The lowest BCUT2D eigenvalue weighted by Gasteiger charge is -2.33. The minimum Gasteiger partial charge on any atom is -0.478 e. The number of hydrogen-bond acceptors (Lipinski definition) is 2. The lowest BCUT2D eigenvalue weighted by atomic mass is 9.92. The SMILES string of the molecule is CCCC1CCN(c2ccc(C(=O)O)c(F)c2)CC1. The molecule has 19 heavy (non-hydrogen) atoms. The maximum atomic E-state index is 13.6. The van der Waals surface area contributed by atoms with Crippen molar-refractivity contribution in [2.45, 2.75) is 32.6 Å². The first-order valence-electron chi connectivity index (χ1n) is 6.89. The van der Waals surface area contributed by atoms with E-state index < -0.39 is 11.8 Å². The van der Waals surface area contributed by atoms with E-state index >= 15 is 0 Å². The lowest BCUT2D eigenvalue weighted by Crippen LogP contribution is -2.33. The molecule has 0 amide bonds. The molecule has 0 bridgehead atoms. The van der Waals surface area contributed by atoms with Gasteiger partial charge in [-0.2, -0.15) is 0 Å². The monoisotopic (exact) mass is 265 g/mol. The molecule has 2 rings (SSSR count). The largest absolute Gasteiger partial charge is 0.478 e. The third-order valence-corrected chi connectivity index (χ3v) is 3.86. The van der Waals surface area contributed by atoms with Crippen LogP contribution in [0, 0.1) is 11.7 Å². The molecular formula is C15H20FNO2. The molecular weight excluding hydrogens is 245 g/mol. The van der Waals surface area contributed by atoms with Crippen molar-refractivity contribution in [1.82, 2.24) is 0 Å². The summed E-state index contributed by atoms with van der Waals surface area (Å²) >= 11 is 0. The zero-order valence-corrected chi connectivity index (χ0v) is 11.2. The van der Waals surface area contributed by atoms with Crippen LogP contribution in [0.3, 0.4) is 0 Å². The molecule has 0 radical (unpaired) electrons. The third-order valence-electron chi connectivity index (χ3n) is 3.86. The van der Waals surface area contributed by atoms with Gasteiger partial charge in [-0.05, 0) is 37.0 Å².